The number of amides is 3. The molecule has 31 heavy (non-hydrogen) atoms. The van der Waals surface area contributed by atoms with Crippen molar-refractivity contribution in [3.63, 3.8) is 0 Å². The lowest BCUT2D eigenvalue weighted by atomic mass is 10.0. The largest absolute Gasteiger partial charge is 0.358 e. The third-order valence-electron chi connectivity index (χ3n) is 5.61. The Balaban J connectivity index is 1.51. The van der Waals surface area contributed by atoms with E-state index in [0.29, 0.717) is 59.4 Å². The minimum absolute atomic E-state index is 0.0404. The number of H-pyrrole nitrogens is 1. The first-order valence-electron chi connectivity index (χ1n) is 10.1. The van der Waals surface area contributed by atoms with Gasteiger partial charge in [-0.3, -0.25) is 14.4 Å². The summed E-state index contributed by atoms with van der Waals surface area (Å²) in [6.45, 7) is 6.25. The van der Waals surface area contributed by atoms with Crippen molar-refractivity contribution in [2.45, 2.75) is 13.8 Å². The number of piperazine rings is 1. The molecule has 0 aliphatic carbocycles. The van der Waals surface area contributed by atoms with E-state index in [0.717, 1.165) is 17.7 Å². The smallest absolute Gasteiger partial charge is 0.256 e. The minimum atomic E-state index is -0.212. The number of rotatable bonds is 5. The SMILES string of the molecule is Cc1[nH]c(/C=C2\C(=O)Nc3ccc(Cl)cc32)c(C)c1C(=O)NCCN1CCNCC1=O. The van der Waals surface area contributed by atoms with Gasteiger partial charge in [-0.2, -0.15) is 0 Å². The monoisotopic (exact) mass is 441 g/mol. The summed E-state index contributed by atoms with van der Waals surface area (Å²) < 4.78 is 0. The van der Waals surface area contributed by atoms with Crippen LogP contribution in [0.1, 0.15) is 32.9 Å². The normalized spacial score (nSPS) is 17.1. The van der Waals surface area contributed by atoms with Gasteiger partial charge in [0.2, 0.25) is 5.91 Å². The molecule has 1 fully saturated rings. The highest BCUT2D eigenvalue weighted by Gasteiger charge is 2.26. The fourth-order valence-corrected chi connectivity index (χ4v) is 4.15. The van der Waals surface area contributed by atoms with Crippen molar-refractivity contribution in [2.75, 3.05) is 38.0 Å². The number of nitrogens with one attached hydrogen (secondary N) is 4. The van der Waals surface area contributed by atoms with Crippen molar-refractivity contribution < 1.29 is 14.4 Å². The van der Waals surface area contributed by atoms with Gasteiger partial charge in [0.1, 0.15) is 0 Å². The average molecular weight is 442 g/mol. The van der Waals surface area contributed by atoms with Gasteiger partial charge in [0, 0.05) is 53.8 Å². The van der Waals surface area contributed by atoms with Crippen LogP contribution in [0.25, 0.3) is 11.6 Å². The minimum Gasteiger partial charge on any atom is -0.358 e. The number of nitrogens with zero attached hydrogens (tertiary/aromatic N) is 1. The Hall–Kier alpha value is -3.10. The molecule has 3 heterocycles. The molecular formula is C22H24ClN5O3. The van der Waals surface area contributed by atoms with Gasteiger partial charge in [0.25, 0.3) is 11.8 Å². The van der Waals surface area contributed by atoms with Crippen LogP contribution in [0.15, 0.2) is 18.2 Å². The number of hydrogen-bond acceptors (Lipinski definition) is 4. The van der Waals surface area contributed by atoms with Crippen LogP contribution >= 0.6 is 11.6 Å². The number of aromatic amines is 1. The van der Waals surface area contributed by atoms with Crippen LogP contribution < -0.4 is 16.0 Å². The third-order valence-corrected chi connectivity index (χ3v) is 5.85. The Kier molecular flexibility index (Phi) is 5.84. The van der Waals surface area contributed by atoms with E-state index in [1.165, 1.54) is 0 Å². The topological polar surface area (TPSA) is 106 Å². The van der Waals surface area contributed by atoms with Crippen molar-refractivity contribution in [3.05, 3.63) is 51.3 Å². The summed E-state index contributed by atoms with van der Waals surface area (Å²) in [6, 6.07) is 5.24. The van der Waals surface area contributed by atoms with Crippen LogP contribution in [0.3, 0.4) is 0 Å². The predicted molar refractivity (Wildman–Crippen MR) is 120 cm³/mol. The summed E-state index contributed by atoms with van der Waals surface area (Å²) in [6.07, 6.45) is 1.75. The maximum absolute atomic E-state index is 12.8. The summed E-state index contributed by atoms with van der Waals surface area (Å²) in [7, 11) is 0. The molecule has 4 N–H and O–H groups in total. The van der Waals surface area contributed by atoms with E-state index in [2.05, 4.69) is 20.9 Å². The number of anilines is 1. The van der Waals surface area contributed by atoms with Crippen LogP contribution in [0.2, 0.25) is 5.02 Å². The predicted octanol–water partition coefficient (Wildman–Crippen LogP) is 1.94. The summed E-state index contributed by atoms with van der Waals surface area (Å²) in [5.74, 6) is -0.382. The zero-order valence-corrected chi connectivity index (χ0v) is 18.2. The van der Waals surface area contributed by atoms with E-state index >= 15 is 0 Å². The first kappa shape index (κ1) is 21.1. The fraction of sp³-hybridized carbons (Fsp3) is 0.318. The zero-order chi connectivity index (χ0) is 22.1. The third kappa shape index (κ3) is 4.22. The molecule has 2 aliphatic rings. The first-order valence-corrected chi connectivity index (χ1v) is 10.5. The van der Waals surface area contributed by atoms with Crippen LogP contribution in [-0.2, 0) is 9.59 Å². The molecule has 1 aromatic carbocycles. The van der Waals surface area contributed by atoms with Crippen molar-refractivity contribution in [1.29, 1.82) is 0 Å². The molecule has 0 unspecified atom stereocenters. The maximum atomic E-state index is 12.8. The Morgan fingerprint density at radius 2 is 2.10 bits per heavy atom. The summed E-state index contributed by atoms with van der Waals surface area (Å²) in [5.41, 5.74) is 4.64. The molecule has 3 amide bonds. The lowest BCUT2D eigenvalue weighted by Gasteiger charge is -2.27. The number of halogens is 1. The number of carbonyl (C=O) groups is 3. The molecule has 0 bridgehead atoms. The van der Waals surface area contributed by atoms with Gasteiger partial charge in [0.15, 0.2) is 0 Å². The quantitative estimate of drug-likeness (QED) is 0.532. The second-order valence-corrected chi connectivity index (χ2v) is 8.12. The van der Waals surface area contributed by atoms with Gasteiger partial charge in [-0.1, -0.05) is 11.6 Å². The lowest BCUT2D eigenvalue weighted by Crippen LogP contribution is -2.50. The van der Waals surface area contributed by atoms with Gasteiger partial charge in [-0.05, 0) is 43.7 Å². The highest BCUT2D eigenvalue weighted by molar-refractivity contribution is 6.36. The Labute approximate surface area is 185 Å². The summed E-state index contributed by atoms with van der Waals surface area (Å²) >= 11 is 6.10. The van der Waals surface area contributed by atoms with Crippen LogP contribution in [-0.4, -0.2) is 60.3 Å². The van der Waals surface area contributed by atoms with Crippen molar-refractivity contribution in [1.82, 2.24) is 20.5 Å². The number of benzene rings is 1. The Bertz CT molecular complexity index is 1100. The molecule has 2 aliphatic heterocycles. The molecule has 8 nitrogen and oxygen atoms in total. The number of hydrogen-bond donors (Lipinski definition) is 4. The molecule has 4 rings (SSSR count). The van der Waals surface area contributed by atoms with Gasteiger partial charge >= 0.3 is 0 Å². The second kappa shape index (κ2) is 8.56. The Morgan fingerprint density at radius 1 is 1.29 bits per heavy atom. The zero-order valence-electron chi connectivity index (χ0n) is 17.4. The van der Waals surface area contributed by atoms with Gasteiger partial charge in [0.05, 0.1) is 17.7 Å². The van der Waals surface area contributed by atoms with E-state index in [1.807, 2.05) is 13.8 Å². The molecule has 162 valence electrons. The number of aromatic nitrogens is 1. The van der Waals surface area contributed by atoms with Crippen LogP contribution in [0.4, 0.5) is 5.69 Å². The molecule has 0 spiro atoms. The second-order valence-electron chi connectivity index (χ2n) is 7.68. The molecule has 1 aromatic heterocycles. The molecule has 0 atom stereocenters. The van der Waals surface area contributed by atoms with Gasteiger partial charge < -0.3 is 25.8 Å². The molecule has 2 aromatic rings. The number of aryl methyl sites for hydroxylation is 1. The summed E-state index contributed by atoms with van der Waals surface area (Å²) in [4.78, 5) is 42.1. The van der Waals surface area contributed by atoms with Crippen molar-refractivity contribution in [3.8, 4) is 0 Å². The summed E-state index contributed by atoms with van der Waals surface area (Å²) in [5, 5.41) is 9.29. The lowest BCUT2D eigenvalue weighted by molar-refractivity contribution is -0.131. The maximum Gasteiger partial charge on any atom is 0.256 e. The van der Waals surface area contributed by atoms with Crippen LogP contribution in [0, 0.1) is 13.8 Å². The van der Waals surface area contributed by atoms with Crippen LogP contribution in [0.5, 0.6) is 0 Å². The Morgan fingerprint density at radius 3 is 2.87 bits per heavy atom. The van der Waals surface area contributed by atoms with E-state index in [9.17, 15) is 14.4 Å². The fourth-order valence-electron chi connectivity index (χ4n) is 3.98. The average Bonchev–Trinajstić information content (AvgIpc) is 3.18. The molecule has 1 saturated heterocycles. The highest BCUT2D eigenvalue weighted by Crippen LogP contribution is 2.35. The van der Waals surface area contributed by atoms with Crippen molar-refractivity contribution >= 4 is 46.7 Å². The number of fused-ring (bicyclic) bond motifs is 1. The standard InChI is InChI=1S/C22H24ClN5O3/c1-12-18(10-16-15-9-14(23)3-4-17(15)27-21(16)30)26-13(2)20(12)22(31)25-6-8-28-7-5-24-11-19(28)29/h3-4,9-10,24,26H,5-8,11H2,1-2H3,(H,25,31)(H,27,30)/b16-10-. The molecule has 0 saturated carbocycles. The van der Waals surface area contributed by atoms with Crippen molar-refractivity contribution in [2.24, 2.45) is 0 Å². The van der Waals surface area contributed by atoms with Gasteiger partial charge in [-0.15, -0.1) is 0 Å². The van der Waals surface area contributed by atoms with E-state index in [-0.39, 0.29) is 17.7 Å². The van der Waals surface area contributed by atoms with E-state index < -0.39 is 0 Å². The van der Waals surface area contributed by atoms with Gasteiger partial charge in [-0.25, -0.2) is 0 Å². The molecular weight excluding hydrogens is 418 g/mol. The van der Waals surface area contributed by atoms with E-state index in [1.54, 1.807) is 29.2 Å². The molecule has 0 radical (unpaired) electrons. The first-order chi connectivity index (χ1) is 14.8. The highest BCUT2D eigenvalue weighted by atomic mass is 35.5. The number of carbonyl (C=O) groups excluding carboxylic acids is 3. The van der Waals surface area contributed by atoms with E-state index in [4.69, 9.17) is 11.6 Å². The molecule has 9 heteroatoms.